The van der Waals surface area contributed by atoms with Gasteiger partial charge in [-0.05, 0) is 127 Å². The van der Waals surface area contributed by atoms with Crippen molar-refractivity contribution in [1.29, 1.82) is 0 Å². The summed E-state index contributed by atoms with van der Waals surface area (Å²) in [7, 11) is 2.88. The molecule has 4 heterocycles. The average molecular weight is 1210 g/mol. The Balaban J connectivity index is 0.000000213. The normalized spacial score (nSPS) is 13.1. The van der Waals surface area contributed by atoms with Crippen molar-refractivity contribution in [1.82, 2.24) is 28.7 Å². The van der Waals surface area contributed by atoms with Gasteiger partial charge in [-0.1, -0.05) is 56.6 Å². The van der Waals surface area contributed by atoms with E-state index in [0.29, 0.717) is 83.9 Å². The molecule has 2 fully saturated rings. The van der Waals surface area contributed by atoms with Gasteiger partial charge in [-0.25, -0.2) is 14.4 Å². The first-order valence-corrected chi connectivity index (χ1v) is 28.0. The Morgan fingerprint density at radius 3 is 1.37 bits per heavy atom. The molecule has 0 amide bonds. The first-order chi connectivity index (χ1) is 40.7. The molecule has 2 atom stereocenters. The van der Waals surface area contributed by atoms with E-state index in [2.05, 4.69) is 10.2 Å². The molecule has 0 bridgehead atoms. The molecule has 2 aliphatic carbocycles. The van der Waals surface area contributed by atoms with Gasteiger partial charge in [0.15, 0.2) is 17.3 Å². The van der Waals surface area contributed by atoms with Crippen LogP contribution >= 0.6 is 23.2 Å². The first-order valence-electron chi connectivity index (χ1n) is 27.2. The number of nitrogens with zero attached hydrogens (tertiary/aromatic N) is 6. The molecule has 0 aliphatic heterocycles. The zero-order valence-corrected chi connectivity index (χ0v) is 48.3. The molecule has 8 aromatic rings. The van der Waals surface area contributed by atoms with Gasteiger partial charge in [0.05, 0.1) is 61.2 Å². The number of ketones is 3. The fourth-order valence-electron chi connectivity index (χ4n) is 9.47. The largest absolute Gasteiger partial charge is 0.495 e. The monoisotopic (exact) mass is 1210 g/mol. The minimum Gasteiger partial charge on any atom is -0.495 e. The third-order valence-corrected chi connectivity index (χ3v) is 14.8. The Labute approximate surface area is 505 Å². The molecule has 2 saturated carbocycles. The summed E-state index contributed by atoms with van der Waals surface area (Å²) in [6.45, 7) is 3.50. The van der Waals surface area contributed by atoms with Crippen molar-refractivity contribution in [3.63, 3.8) is 0 Å². The number of methoxy groups -OCH3 is 2. The van der Waals surface area contributed by atoms with Crippen LogP contribution in [-0.4, -0.2) is 93.5 Å². The van der Waals surface area contributed by atoms with Gasteiger partial charge in [-0.3, -0.25) is 37.9 Å². The summed E-state index contributed by atoms with van der Waals surface area (Å²) in [4.78, 5) is 99.4. The summed E-state index contributed by atoms with van der Waals surface area (Å²) in [6.07, 6.45) is 11.6. The van der Waals surface area contributed by atoms with Gasteiger partial charge in [-0.2, -0.15) is 10.2 Å². The standard InChI is InChI=1S/C32H30ClN3O6.C24H24ClN3O5.C7H7NO2.CH4/c1-3-28(37)24-11-8-21(33)15-25(24)26-17-31(39)35(18-30(26)42-2)27(16-22-12-13-36(34-22)23-9-10-23)29(38)14-19-4-6-20(7-5-19)32(40)41;1-3-21(29)17-7-4-14(25)10-18(17)19-12-23(30)27(13-22(19)33-2)20(24(31)32)11-15-8-9-28(26-15)16-5-6-16;8-6-3-1-5(2-4-6)7(9)10;/h4-8,11-13,15,17-18,23,27H,3,9-10,14,16H2,1-2H3,(H,40,41);4,7-10,12-13,16,20H,3,5-6,11H2,1-2H3,(H,31,32);1-4H,8H2,(H,9,10);1H4. The minimum atomic E-state index is -1.17. The molecule has 4 aromatic carbocycles. The van der Waals surface area contributed by atoms with Crippen LogP contribution in [0.1, 0.15) is 142 Å². The second-order valence-corrected chi connectivity index (χ2v) is 21.2. The second-order valence-electron chi connectivity index (χ2n) is 20.3. The van der Waals surface area contributed by atoms with Crippen molar-refractivity contribution in [3.8, 4) is 33.8 Å². The Kier molecular flexibility index (Phi) is 21.2. The summed E-state index contributed by atoms with van der Waals surface area (Å²) >= 11 is 12.4. The summed E-state index contributed by atoms with van der Waals surface area (Å²) in [5.74, 6) is -3.05. The zero-order valence-electron chi connectivity index (χ0n) is 46.8. The van der Waals surface area contributed by atoms with Gasteiger partial charge in [0.2, 0.25) is 0 Å². The SMILES string of the molecule is C.CCC(=O)c1ccc(Cl)cc1-c1cc(=O)n(C(Cc2ccn(C3CC3)n2)C(=O)Cc2ccc(C(=O)O)cc2)cc1OC.CCC(=O)c1ccc(Cl)cc1-c1cc(=O)n(C(Cc2ccn(C3CC3)n2)C(=O)O)cc1OC.Nc1ccc(C(=O)O)cc1. The smallest absolute Gasteiger partial charge is 0.335 e. The maximum absolute atomic E-state index is 13.8. The number of hydrogen-bond acceptors (Lipinski definition) is 13. The van der Waals surface area contributed by atoms with Crippen molar-refractivity contribution < 1.29 is 53.6 Å². The maximum Gasteiger partial charge on any atom is 0.335 e. The summed E-state index contributed by atoms with van der Waals surface area (Å²) in [5.41, 5.74) is 9.72. The molecule has 10 rings (SSSR count). The van der Waals surface area contributed by atoms with Crippen LogP contribution in [0.4, 0.5) is 5.69 Å². The number of halogens is 2. The molecule has 0 spiro atoms. The van der Waals surface area contributed by atoms with E-state index in [1.807, 2.05) is 27.8 Å². The summed E-state index contributed by atoms with van der Waals surface area (Å²) in [5, 5.41) is 37.4. The molecular weight excluding hydrogens is 1150 g/mol. The number of aliphatic carboxylic acids is 1. The zero-order chi connectivity index (χ0) is 61.2. The van der Waals surface area contributed by atoms with Crippen molar-refractivity contribution >= 4 is 64.1 Å². The van der Waals surface area contributed by atoms with E-state index < -0.39 is 41.1 Å². The van der Waals surface area contributed by atoms with E-state index in [1.165, 1.54) is 67.6 Å². The van der Waals surface area contributed by atoms with E-state index in [4.69, 9.17) is 43.5 Å². The molecule has 0 saturated heterocycles. The highest BCUT2D eigenvalue weighted by Gasteiger charge is 2.30. The Hall–Kier alpha value is -9.40. The lowest BCUT2D eigenvalue weighted by molar-refractivity contribution is -0.141. The fourth-order valence-corrected chi connectivity index (χ4v) is 9.82. The van der Waals surface area contributed by atoms with Crippen LogP contribution in [-0.2, 0) is 28.9 Å². The molecule has 0 radical (unpaired) electrons. The first kappa shape index (κ1) is 64.2. The highest BCUT2D eigenvalue weighted by Crippen LogP contribution is 2.38. The van der Waals surface area contributed by atoms with Crippen LogP contribution in [0.25, 0.3) is 22.3 Å². The summed E-state index contributed by atoms with van der Waals surface area (Å²) in [6, 6.07) is 26.8. The third kappa shape index (κ3) is 15.7. The number of rotatable bonds is 22. The van der Waals surface area contributed by atoms with E-state index in [0.717, 1.165) is 30.3 Å². The number of carboxylic acids is 3. The number of pyridine rings is 2. The van der Waals surface area contributed by atoms with Gasteiger partial charge < -0.3 is 35.1 Å². The van der Waals surface area contributed by atoms with Crippen LogP contribution in [0.3, 0.4) is 0 Å². The van der Waals surface area contributed by atoms with Crippen LogP contribution in [0, 0.1) is 0 Å². The number of aromatic nitrogens is 6. The predicted octanol–water partition coefficient (Wildman–Crippen LogP) is 11.4. The molecule has 5 N–H and O–H groups in total. The fraction of sp³-hybridized carbons (Fsp3) is 0.281. The Morgan fingerprint density at radius 1 is 0.581 bits per heavy atom. The van der Waals surface area contributed by atoms with Gasteiger partial charge in [0, 0.05) is 94.6 Å². The van der Waals surface area contributed by atoms with E-state index in [9.17, 15) is 48.6 Å². The molecule has 2 aliphatic rings. The lowest BCUT2D eigenvalue weighted by Gasteiger charge is -2.21. The predicted molar refractivity (Wildman–Crippen MR) is 325 cm³/mol. The summed E-state index contributed by atoms with van der Waals surface area (Å²) < 4.78 is 17.4. The molecule has 86 heavy (non-hydrogen) atoms. The van der Waals surface area contributed by atoms with Crippen LogP contribution in [0.2, 0.25) is 10.0 Å². The van der Waals surface area contributed by atoms with Crippen molar-refractivity contribution in [2.24, 2.45) is 0 Å². The molecule has 22 heteroatoms. The average Bonchev–Trinajstić information content (AvgIpc) is 4.22. The third-order valence-electron chi connectivity index (χ3n) is 14.4. The van der Waals surface area contributed by atoms with Crippen LogP contribution in [0.15, 0.2) is 144 Å². The van der Waals surface area contributed by atoms with Crippen LogP contribution in [0.5, 0.6) is 11.5 Å². The Bertz CT molecular complexity index is 3940. The number of nitrogen functional groups attached to an aromatic ring is 1. The molecule has 2 unspecified atom stereocenters. The Morgan fingerprint density at radius 2 is 0.988 bits per heavy atom. The highest BCUT2D eigenvalue weighted by atomic mass is 35.5. The van der Waals surface area contributed by atoms with Crippen molar-refractivity contribution in [2.45, 2.75) is 103 Å². The second kappa shape index (κ2) is 28.5. The van der Waals surface area contributed by atoms with E-state index >= 15 is 0 Å². The van der Waals surface area contributed by atoms with Gasteiger partial charge >= 0.3 is 17.9 Å². The molecule has 448 valence electrons. The number of carbonyl (C=O) groups excluding carboxylic acids is 3. The number of aromatic carboxylic acids is 2. The number of carbonyl (C=O) groups is 6. The number of benzene rings is 4. The van der Waals surface area contributed by atoms with Gasteiger partial charge in [-0.15, -0.1) is 0 Å². The lowest BCUT2D eigenvalue weighted by atomic mass is 9.95. The topological polar surface area (TPSA) is 287 Å². The van der Waals surface area contributed by atoms with Crippen LogP contribution < -0.4 is 26.3 Å². The number of carboxylic acid groups (broad SMARTS) is 3. The van der Waals surface area contributed by atoms with E-state index in [-0.39, 0.29) is 73.8 Å². The number of anilines is 1. The number of Topliss-reactive ketones (excluding diaryl/α,β-unsaturated/α-hetero) is 3. The number of nitrogens with two attached hydrogens (primary N) is 1. The number of hydrogen-bond donors (Lipinski definition) is 4. The van der Waals surface area contributed by atoms with E-state index in [1.54, 1.807) is 80.6 Å². The van der Waals surface area contributed by atoms with Crippen molar-refractivity contribution in [2.75, 3.05) is 20.0 Å². The van der Waals surface area contributed by atoms with Gasteiger partial charge in [0.25, 0.3) is 11.1 Å². The highest BCUT2D eigenvalue weighted by molar-refractivity contribution is 6.31. The lowest BCUT2D eigenvalue weighted by Crippen LogP contribution is -2.32. The van der Waals surface area contributed by atoms with Crippen molar-refractivity contribution in [3.05, 3.63) is 204 Å². The molecule has 4 aromatic heterocycles. The molecular formula is C64H65Cl2N7O13. The number of ether oxygens (including phenoxy) is 2. The van der Waals surface area contributed by atoms with Gasteiger partial charge in [0.1, 0.15) is 23.6 Å². The molecule has 20 nitrogen and oxygen atoms in total. The minimum absolute atomic E-state index is 0. The maximum atomic E-state index is 13.8. The quantitative estimate of drug-likeness (QED) is 0.0362.